The Bertz CT molecular complexity index is 881. The molecule has 1 aliphatic heterocycles. The molecule has 1 amide bonds. The lowest BCUT2D eigenvalue weighted by Crippen LogP contribution is -2.41. The van der Waals surface area contributed by atoms with Crippen LogP contribution in [0.5, 0.6) is 5.75 Å². The highest BCUT2D eigenvalue weighted by atomic mass is 79.9. The van der Waals surface area contributed by atoms with Crippen LogP contribution in [0.15, 0.2) is 46.9 Å². The van der Waals surface area contributed by atoms with Gasteiger partial charge in [0, 0.05) is 16.5 Å². The van der Waals surface area contributed by atoms with E-state index in [9.17, 15) is 14.7 Å². The van der Waals surface area contributed by atoms with Gasteiger partial charge in [-0.3, -0.25) is 9.59 Å². The monoisotopic (exact) mass is 445 g/mol. The van der Waals surface area contributed by atoms with E-state index in [0.29, 0.717) is 24.4 Å². The number of hydrogen-bond acceptors (Lipinski definition) is 4. The number of nitrogens with zero attached hydrogens (tertiary/aromatic N) is 1. The van der Waals surface area contributed by atoms with E-state index in [0.717, 1.165) is 28.6 Å². The van der Waals surface area contributed by atoms with Crippen molar-refractivity contribution in [1.29, 1.82) is 0 Å². The first kappa shape index (κ1) is 20.6. The van der Waals surface area contributed by atoms with Crippen LogP contribution in [0.25, 0.3) is 0 Å². The summed E-state index contributed by atoms with van der Waals surface area (Å²) in [7, 11) is 0. The van der Waals surface area contributed by atoms with Crippen molar-refractivity contribution in [1.82, 2.24) is 0 Å². The van der Waals surface area contributed by atoms with E-state index in [1.165, 1.54) is 11.8 Å². The summed E-state index contributed by atoms with van der Waals surface area (Å²) in [5.41, 5.74) is 0.174. The number of ketones is 1. The van der Waals surface area contributed by atoms with Crippen molar-refractivity contribution in [3.05, 3.63) is 58.1 Å². The molecule has 0 aliphatic carbocycles. The van der Waals surface area contributed by atoms with Crippen molar-refractivity contribution in [3.8, 4) is 5.75 Å². The van der Waals surface area contributed by atoms with Crippen molar-refractivity contribution in [3.63, 3.8) is 0 Å². The number of ether oxygens (including phenoxy) is 1. The van der Waals surface area contributed by atoms with Crippen LogP contribution in [0.2, 0.25) is 0 Å². The molecule has 0 aromatic heterocycles. The fourth-order valence-electron chi connectivity index (χ4n) is 3.42. The van der Waals surface area contributed by atoms with Crippen LogP contribution in [0.3, 0.4) is 0 Å². The second-order valence-electron chi connectivity index (χ2n) is 7.14. The van der Waals surface area contributed by atoms with Gasteiger partial charge in [0.2, 0.25) is 0 Å². The summed E-state index contributed by atoms with van der Waals surface area (Å²) in [6.45, 7) is 4.48. The van der Waals surface area contributed by atoms with E-state index >= 15 is 0 Å². The van der Waals surface area contributed by atoms with Gasteiger partial charge < -0.3 is 14.7 Å². The highest BCUT2D eigenvalue weighted by Crippen LogP contribution is 2.44. The van der Waals surface area contributed by atoms with E-state index in [4.69, 9.17) is 4.74 Å². The van der Waals surface area contributed by atoms with E-state index in [2.05, 4.69) is 22.9 Å². The number of halogens is 1. The van der Waals surface area contributed by atoms with Gasteiger partial charge >= 0.3 is 0 Å². The van der Waals surface area contributed by atoms with Gasteiger partial charge in [0.15, 0.2) is 5.60 Å². The van der Waals surface area contributed by atoms with Crippen molar-refractivity contribution in [2.45, 2.75) is 45.3 Å². The molecule has 5 nitrogen and oxygen atoms in total. The van der Waals surface area contributed by atoms with Crippen molar-refractivity contribution >= 4 is 33.3 Å². The molecule has 1 unspecified atom stereocenters. The Morgan fingerprint density at radius 1 is 1.21 bits per heavy atom. The van der Waals surface area contributed by atoms with Gasteiger partial charge in [0.05, 0.1) is 18.8 Å². The van der Waals surface area contributed by atoms with Crippen molar-refractivity contribution < 1.29 is 19.4 Å². The molecule has 2 aromatic carbocycles. The van der Waals surface area contributed by atoms with Crippen LogP contribution < -0.4 is 9.64 Å². The first-order valence-corrected chi connectivity index (χ1v) is 10.2. The molecular weight excluding hydrogens is 422 g/mol. The first-order valence-electron chi connectivity index (χ1n) is 9.40. The minimum Gasteiger partial charge on any atom is -0.494 e. The average molecular weight is 446 g/mol. The molecule has 0 saturated carbocycles. The van der Waals surface area contributed by atoms with Crippen LogP contribution in [-0.2, 0) is 21.7 Å². The lowest BCUT2D eigenvalue weighted by Gasteiger charge is -2.22. The second-order valence-corrected chi connectivity index (χ2v) is 8.05. The number of Topliss-reactive ketones (excluding diaryl/α,β-unsaturated/α-hetero) is 1. The van der Waals surface area contributed by atoms with Gasteiger partial charge in [0.25, 0.3) is 5.91 Å². The zero-order valence-electron chi connectivity index (χ0n) is 16.1. The van der Waals surface area contributed by atoms with Gasteiger partial charge in [-0.15, -0.1) is 0 Å². The van der Waals surface area contributed by atoms with Crippen LogP contribution >= 0.6 is 15.9 Å². The molecule has 0 bridgehead atoms. The van der Waals surface area contributed by atoms with Crippen LogP contribution in [-0.4, -0.2) is 23.4 Å². The third-order valence-corrected chi connectivity index (χ3v) is 5.32. The number of rotatable bonds is 8. The molecule has 0 radical (unpaired) electrons. The Morgan fingerprint density at radius 3 is 2.57 bits per heavy atom. The number of anilines is 1. The molecular formula is C22H24BrNO4. The maximum Gasteiger partial charge on any atom is 0.264 e. The molecule has 1 heterocycles. The lowest BCUT2D eigenvalue weighted by atomic mass is 9.90. The summed E-state index contributed by atoms with van der Waals surface area (Å²) >= 11 is 3.38. The van der Waals surface area contributed by atoms with Crippen LogP contribution in [0.1, 0.15) is 44.2 Å². The Balaban J connectivity index is 1.84. The molecule has 1 N–H and O–H groups in total. The Labute approximate surface area is 173 Å². The van der Waals surface area contributed by atoms with Gasteiger partial charge in [-0.25, -0.2) is 0 Å². The quantitative estimate of drug-likeness (QED) is 0.613. The predicted molar refractivity (Wildman–Crippen MR) is 111 cm³/mol. The molecule has 1 aliphatic rings. The number of carbonyl (C=O) groups excluding carboxylic acids is 2. The van der Waals surface area contributed by atoms with E-state index in [1.54, 1.807) is 12.1 Å². The smallest absolute Gasteiger partial charge is 0.264 e. The van der Waals surface area contributed by atoms with Gasteiger partial charge in [0.1, 0.15) is 11.5 Å². The minimum absolute atomic E-state index is 0.239. The van der Waals surface area contributed by atoms with E-state index in [1.807, 2.05) is 30.3 Å². The summed E-state index contributed by atoms with van der Waals surface area (Å²) in [6, 6.07) is 12.9. The summed E-state index contributed by atoms with van der Waals surface area (Å²) in [4.78, 5) is 26.3. The Kier molecular flexibility index (Phi) is 6.20. The number of hydrogen-bond donors (Lipinski definition) is 1. The lowest BCUT2D eigenvalue weighted by molar-refractivity contribution is -0.141. The summed E-state index contributed by atoms with van der Waals surface area (Å²) < 4.78 is 6.42. The first-order chi connectivity index (χ1) is 13.3. The third-order valence-electron chi connectivity index (χ3n) is 4.83. The molecule has 3 rings (SSSR count). The second kappa shape index (κ2) is 8.45. The maximum absolute atomic E-state index is 13.1. The molecule has 0 saturated heterocycles. The number of benzene rings is 2. The number of carbonyl (C=O) groups is 2. The van der Waals surface area contributed by atoms with Gasteiger partial charge in [-0.1, -0.05) is 41.4 Å². The Hall–Kier alpha value is -2.18. The normalized spacial score (nSPS) is 18.3. The highest BCUT2D eigenvalue weighted by Gasteiger charge is 2.50. The van der Waals surface area contributed by atoms with Crippen LogP contribution in [0, 0.1) is 0 Å². The van der Waals surface area contributed by atoms with Gasteiger partial charge in [-0.2, -0.15) is 0 Å². The molecule has 2 aromatic rings. The summed E-state index contributed by atoms with van der Waals surface area (Å²) in [5.74, 6) is 0.0821. The van der Waals surface area contributed by atoms with E-state index in [-0.39, 0.29) is 12.2 Å². The fraction of sp³-hybridized carbons (Fsp3) is 0.364. The van der Waals surface area contributed by atoms with E-state index < -0.39 is 11.5 Å². The van der Waals surface area contributed by atoms with Crippen LogP contribution in [0.4, 0.5) is 5.69 Å². The summed E-state index contributed by atoms with van der Waals surface area (Å²) in [6.07, 6.45) is 1.84. The number of amides is 1. The maximum atomic E-state index is 13.1. The fourth-order valence-corrected chi connectivity index (χ4v) is 3.78. The van der Waals surface area contributed by atoms with Crippen molar-refractivity contribution in [2.24, 2.45) is 0 Å². The predicted octanol–water partition coefficient (Wildman–Crippen LogP) is 4.34. The zero-order chi connectivity index (χ0) is 20.3. The molecule has 28 heavy (non-hydrogen) atoms. The average Bonchev–Trinajstić information content (AvgIpc) is 2.84. The zero-order valence-corrected chi connectivity index (χ0v) is 17.7. The molecule has 0 spiro atoms. The van der Waals surface area contributed by atoms with Gasteiger partial charge in [-0.05, 0) is 49.2 Å². The summed E-state index contributed by atoms with van der Waals surface area (Å²) in [5, 5.41) is 11.1. The number of fused-ring (bicyclic) bond motifs is 1. The third kappa shape index (κ3) is 4.13. The highest BCUT2D eigenvalue weighted by molar-refractivity contribution is 9.10. The topological polar surface area (TPSA) is 66.8 Å². The standard InChI is InChI=1S/C22H24BrNO4/c1-3-4-11-28-18-8-5-16(6-9-18)14-24-20-10-7-17(23)12-19(20)22(27,21(24)26)13-15(2)25/h5-10,12,27H,3-4,11,13-14H2,1-2H3. The molecule has 148 valence electrons. The SMILES string of the molecule is CCCCOc1ccc(CN2C(=O)C(O)(CC(C)=O)c3cc(Br)ccc32)cc1. The molecule has 0 fully saturated rings. The minimum atomic E-state index is -1.83. The molecule has 1 atom stereocenters. The Morgan fingerprint density at radius 2 is 1.93 bits per heavy atom. The molecule has 6 heteroatoms. The number of aliphatic hydroxyl groups is 1. The largest absolute Gasteiger partial charge is 0.494 e. The van der Waals surface area contributed by atoms with Crippen molar-refractivity contribution in [2.75, 3.05) is 11.5 Å². The number of unbranched alkanes of at least 4 members (excludes halogenated alkanes) is 1.